The molecule has 1 rings (SSSR count). The van der Waals surface area contributed by atoms with E-state index in [-0.39, 0.29) is 30.1 Å². The quantitative estimate of drug-likeness (QED) is 0.363. The molecule has 12 heteroatoms. The van der Waals surface area contributed by atoms with E-state index in [1.807, 2.05) is 55.4 Å². The minimum absolute atomic E-state index is 0.00509. The van der Waals surface area contributed by atoms with Gasteiger partial charge >= 0.3 is 5.97 Å². The number of aliphatic hydroxyl groups is 1. The van der Waals surface area contributed by atoms with Gasteiger partial charge in [-0.05, 0) is 49.4 Å². The number of nitrogens with zero attached hydrogens (tertiary/aromatic N) is 3. The number of hydroxylamine groups is 2. The number of aliphatic hydroxyl groups excluding tert-OH is 1. The lowest BCUT2D eigenvalue weighted by molar-refractivity contribution is -0.203. The van der Waals surface area contributed by atoms with Crippen molar-refractivity contribution in [3.05, 3.63) is 0 Å². The van der Waals surface area contributed by atoms with Crippen LogP contribution in [-0.4, -0.2) is 108 Å². The maximum atomic E-state index is 13.9. The summed E-state index contributed by atoms with van der Waals surface area (Å²) in [6, 6.07) is -5.16. The number of amides is 4. The average molecular weight is 598 g/mol. The highest BCUT2D eigenvalue weighted by molar-refractivity contribution is 5.95. The average Bonchev–Trinajstić information content (AvgIpc) is 2.87. The predicted octanol–water partition coefficient (Wildman–Crippen LogP) is 1.56. The second-order valence-corrected chi connectivity index (χ2v) is 13.2. The third-order valence-corrected chi connectivity index (χ3v) is 7.39. The molecule has 1 aliphatic heterocycles. The zero-order valence-electron chi connectivity index (χ0n) is 27.5. The van der Waals surface area contributed by atoms with Crippen molar-refractivity contribution in [1.29, 1.82) is 0 Å². The lowest BCUT2D eigenvalue weighted by Crippen LogP contribution is -2.61. The Morgan fingerprint density at radius 1 is 0.619 bits per heavy atom. The molecule has 1 heterocycles. The smallest absolute Gasteiger partial charge is 0.347 e. The molecule has 0 aromatic rings. The summed E-state index contributed by atoms with van der Waals surface area (Å²) in [6.07, 6.45) is 1.20. The fourth-order valence-corrected chi connectivity index (χ4v) is 5.10. The number of hydrogen-bond donors (Lipinski definition) is 3. The van der Waals surface area contributed by atoms with Crippen LogP contribution in [0.2, 0.25) is 0 Å². The first-order chi connectivity index (χ1) is 19.4. The molecular weight excluding hydrogens is 542 g/mol. The van der Waals surface area contributed by atoms with E-state index in [4.69, 9.17) is 4.84 Å². The highest BCUT2D eigenvalue weighted by Crippen LogP contribution is 2.19. The van der Waals surface area contributed by atoms with Gasteiger partial charge in [-0.3, -0.25) is 19.2 Å². The second kappa shape index (κ2) is 16.8. The molecule has 12 nitrogen and oxygen atoms in total. The Bertz CT molecular complexity index is 939. The van der Waals surface area contributed by atoms with Crippen LogP contribution in [0.4, 0.5) is 0 Å². The van der Waals surface area contributed by atoms with Crippen molar-refractivity contribution >= 4 is 29.6 Å². The summed E-state index contributed by atoms with van der Waals surface area (Å²) in [7, 11) is 4.35. The summed E-state index contributed by atoms with van der Waals surface area (Å²) in [5, 5.41) is 16.8. The molecule has 0 aromatic carbocycles. The van der Waals surface area contributed by atoms with E-state index in [9.17, 15) is 29.1 Å². The molecule has 0 spiro atoms. The summed E-state index contributed by atoms with van der Waals surface area (Å²) in [5.41, 5.74) is 0. The van der Waals surface area contributed by atoms with Crippen LogP contribution in [0.1, 0.15) is 81.1 Å². The molecule has 0 radical (unpaired) electrons. The Morgan fingerprint density at radius 3 is 1.40 bits per heavy atom. The Hall–Kier alpha value is -2.73. The van der Waals surface area contributed by atoms with E-state index >= 15 is 0 Å². The SMILES string of the molecule is CC(C)C[C@@H]1NC(=O)[C@H](CC(C)C)N(C)C(=O)[C@H](CC(C)C)NC(=O)[C@H](CC(C)C)N(C)C(=O)[C@@H](CO)N(C)OC1=O. The van der Waals surface area contributed by atoms with E-state index in [1.54, 1.807) is 0 Å². The van der Waals surface area contributed by atoms with E-state index in [1.165, 1.54) is 30.9 Å². The van der Waals surface area contributed by atoms with Crippen LogP contribution >= 0.6 is 0 Å². The number of carbonyl (C=O) groups is 5. The monoisotopic (exact) mass is 597 g/mol. The number of hydrogen-bond acceptors (Lipinski definition) is 8. The molecule has 0 aromatic heterocycles. The van der Waals surface area contributed by atoms with Gasteiger partial charge in [-0.1, -0.05) is 55.4 Å². The summed E-state index contributed by atoms with van der Waals surface area (Å²) >= 11 is 0. The summed E-state index contributed by atoms with van der Waals surface area (Å²) in [6.45, 7) is 14.7. The molecule has 0 bridgehead atoms. The first kappa shape index (κ1) is 37.3. The van der Waals surface area contributed by atoms with Gasteiger partial charge in [0.1, 0.15) is 30.2 Å². The first-order valence-electron chi connectivity index (χ1n) is 15.1. The second-order valence-electron chi connectivity index (χ2n) is 13.2. The van der Waals surface area contributed by atoms with Gasteiger partial charge in [-0.2, -0.15) is 0 Å². The molecule has 1 saturated heterocycles. The highest BCUT2D eigenvalue weighted by atomic mass is 16.7. The van der Waals surface area contributed by atoms with Crippen LogP contribution in [0.5, 0.6) is 0 Å². The van der Waals surface area contributed by atoms with Gasteiger partial charge < -0.3 is 30.4 Å². The van der Waals surface area contributed by atoms with E-state index < -0.39 is 66.4 Å². The Labute approximate surface area is 251 Å². The van der Waals surface area contributed by atoms with Gasteiger partial charge in [0.2, 0.25) is 23.6 Å². The normalized spacial score (nSPS) is 26.4. The first-order valence-corrected chi connectivity index (χ1v) is 15.1. The van der Waals surface area contributed by atoms with E-state index in [2.05, 4.69) is 10.6 Å². The molecule has 3 N–H and O–H groups in total. The van der Waals surface area contributed by atoms with Crippen molar-refractivity contribution in [2.75, 3.05) is 27.7 Å². The van der Waals surface area contributed by atoms with Gasteiger partial charge in [0.05, 0.1) is 6.61 Å². The van der Waals surface area contributed by atoms with Crippen LogP contribution in [-0.2, 0) is 28.8 Å². The topological polar surface area (TPSA) is 149 Å². The highest BCUT2D eigenvalue weighted by Gasteiger charge is 2.40. The fourth-order valence-electron chi connectivity index (χ4n) is 5.10. The van der Waals surface area contributed by atoms with Gasteiger partial charge in [0.15, 0.2) is 0 Å². The maximum absolute atomic E-state index is 13.9. The Balaban J connectivity index is 3.76. The third kappa shape index (κ3) is 10.8. The zero-order chi connectivity index (χ0) is 32.5. The molecule has 4 amide bonds. The van der Waals surface area contributed by atoms with Crippen molar-refractivity contribution in [1.82, 2.24) is 25.5 Å². The van der Waals surface area contributed by atoms with Crippen LogP contribution in [0.25, 0.3) is 0 Å². The summed E-state index contributed by atoms with van der Waals surface area (Å²) in [5.74, 6) is -2.79. The molecule has 1 fully saturated rings. The van der Waals surface area contributed by atoms with Crippen molar-refractivity contribution in [3.63, 3.8) is 0 Å². The fraction of sp³-hybridized carbons (Fsp3) is 0.833. The van der Waals surface area contributed by atoms with Gasteiger partial charge in [0, 0.05) is 21.1 Å². The Morgan fingerprint density at radius 2 is 1.00 bits per heavy atom. The van der Waals surface area contributed by atoms with Crippen LogP contribution in [0.3, 0.4) is 0 Å². The molecule has 242 valence electrons. The van der Waals surface area contributed by atoms with Crippen molar-refractivity contribution in [3.8, 4) is 0 Å². The van der Waals surface area contributed by atoms with E-state index in [0.717, 1.165) is 5.06 Å². The van der Waals surface area contributed by atoms with Crippen molar-refractivity contribution in [2.45, 2.75) is 111 Å². The molecular formula is C30H55N5O7. The minimum atomic E-state index is -1.29. The van der Waals surface area contributed by atoms with Crippen LogP contribution < -0.4 is 10.6 Å². The predicted molar refractivity (Wildman–Crippen MR) is 160 cm³/mol. The van der Waals surface area contributed by atoms with Gasteiger partial charge in [-0.25, -0.2) is 4.79 Å². The molecule has 0 aliphatic carbocycles. The maximum Gasteiger partial charge on any atom is 0.347 e. The Kier molecular flexibility index (Phi) is 14.9. The third-order valence-electron chi connectivity index (χ3n) is 7.39. The number of carbonyl (C=O) groups excluding carboxylic acids is 5. The van der Waals surface area contributed by atoms with Crippen molar-refractivity contribution < 1.29 is 33.9 Å². The molecule has 42 heavy (non-hydrogen) atoms. The summed E-state index contributed by atoms with van der Waals surface area (Å²) < 4.78 is 0. The lowest BCUT2D eigenvalue weighted by atomic mass is 9.96. The molecule has 0 saturated carbocycles. The number of likely N-dealkylation sites (N-methyl/N-ethyl adjacent to an activating group) is 3. The van der Waals surface area contributed by atoms with Crippen molar-refractivity contribution in [2.24, 2.45) is 23.7 Å². The summed E-state index contributed by atoms with van der Waals surface area (Å²) in [4.78, 5) is 76.3. The lowest BCUT2D eigenvalue weighted by Gasteiger charge is -2.37. The van der Waals surface area contributed by atoms with Crippen LogP contribution in [0, 0.1) is 23.7 Å². The van der Waals surface area contributed by atoms with Gasteiger partial charge in [-0.15, -0.1) is 5.06 Å². The number of rotatable bonds is 9. The number of nitrogens with one attached hydrogen (secondary N) is 2. The largest absolute Gasteiger partial charge is 0.394 e. The van der Waals surface area contributed by atoms with Crippen LogP contribution in [0.15, 0.2) is 0 Å². The van der Waals surface area contributed by atoms with Gasteiger partial charge in [0.25, 0.3) is 0 Å². The minimum Gasteiger partial charge on any atom is -0.394 e. The zero-order valence-corrected chi connectivity index (χ0v) is 27.5. The van der Waals surface area contributed by atoms with E-state index in [0.29, 0.717) is 19.3 Å². The molecule has 5 atom stereocenters. The molecule has 1 aliphatic rings. The standard InChI is InChI=1S/C30H55N5O7/c1-17(2)12-21-28(39)33(9)23(14-19(5)6)27(38)32-22(13-18(3)4)30(41)42-35(11)25(16-36)29(40)34(10)24(15-20(7)8)26(37)31-21/h17-25,36H,12-16H2,1-11H3,(H,31,37)(H,32,38)/t21-,22-,23-,24-,25+/m0/s1. The molecule has 0 unspecified atom stereocenters.